The Balaban J connectivity index is 2.43. The minimum atomic E-state index is -0.730. The minimum absolute atomic E-state index is 0.730. The molecule has 1 heteroatoms. The Morgan fingerprint density at radius 2 is 1.08 bits per heavy atom. The van der Waals surface area contributed by atoms with E-state index in [1.54, 1.807) is 11.6 Å². The Labute approximate surface area is 167 Å². The second-order valence-electron chi connectivity index (χ2n) is 8.55. The maximum absolute atomic E-state index is 2.70. The number of hydrogen-bond donors (Lipinski definition) is 0. The summed E-state index contributed by atoms with van der Waals surface area (Å²) in [5, 5.41) is 1.98. The second-order valence-corrected chi connectivity index (χ2v) is 11.4. The maximum Gasteiger partial charge on any atom is 0.0892 e. The molecule has 152 valence electrons. The van der Waals surface area contributed by atoms with Gasteiger partial charge in [0.2, 0.25) is 0 Å². The van der Waals surface area contributed by atoms with E-state index in [0.717, 1.165) is 0 Å². The Morgan fingerprint density at radius 1 is 0.577 bits per heavy atom. The third-order valence-electron chi connectivity index (χ3n) is 6.11. The van der Waals surface area contributed by atoms with E-state index in [4.69, 9.17) is 0 Å². The molecule has 0 aromatic carbocycles. The van der Waals surface area contributed by atoms with Crippen molar-refractivity contribution in [1.82, 2.24) is 0 Å². The van der Waals surface area contributed by atoms with Crippen molar-refractivity contribution >= 4 is 8.80 Å². The minimum Gasteiger partial charge on any atom is -0.0929 e. The number of rotatable bonds is 18. The van der Waals surface area contributed by atoms with Gasteiger partial charge in [0.1, 0.15) is 0 Å². The van der Waals surface area contributed by atoms with Gasteiger partial charge in [0, 0.05) is 0 Å². The lowest BCUT2D eigenvalue weighted by molar-refractivity contribution is 0.624. The van der Waals surface area contributed by atoms with Crippen LogP contribution in [0.25, 0.3) is 0 Å². The molecule has 0 N–H and O–H groups in total. The molecular formula is C25H48Si. The second kappa shape index (κ2) is 16.8. The smallest absolute Gasteiger partial charge is 0.0892 e. The molecule has 0 bridgehead atoms. The fourth-order valence-corrected chi connectivity index (χ4v) is 7.62. The SMILES string of the molecule is CCCCCCCC1=C(CCCCCCC)[SiH](CCCCCCC)C=C1. The monoisotopic (exact) mass is 376 g/mol. The first-order valence-electron chi connectivity index (χ1n) is 12.2. The van der Waals surface area contributed by atoms with Crippen LogP contribution in [0.4, 0.5) is 0 Å². The van der Waals surface area contributed by atoms with Crippen molar-refractivity contribution in [3.05, 3.63) is 22.5 Å². The highest BCUT2D eigenvalue weighted by molar-refractivity contribution is 6.73. The van der Waals surface area contributed by atoms with Crippen molar-refractivity contribution in [2.75, 3.05) is 0 Å². The van der Waals surface area contributed by atoms with E-state index in [9.17, 15) is 0 Å². The first kappa shape index (κ1) is 23.7. The van der Waals surface area contributed by atoms with Crippen LogP contribution in [-0.4, -0.2) is 8.80 Å². The van der Waals surface area contributed by atoms with Crippen LogP contribution in [0.1, 0.15) is 130 Å². The molecule has 0 spiro atoms. The van der Waals surface area contributed by atoms with Gasteiger partial charge >= 0.3 is 0 Å². The molecule has 0 aliphatic carbocycles. The van der Waals surface area contributed by atoms with Gasteiger partial charge in [-0.1, -0.05) is 133 Å². The van der Waals surface area contributed by atoms with E-state index >= 15 is 0 Å². The first-order chi connectivity index (χ1) is 12.8. The first-order valence-corrected chi connectivity index (χ1v) is 14.3. The van der Waals surface area contributed by atoms with Crippen LogP contribution in [0.3, 0.4) is 0 Å². The summed E-state index contributed by atoms with van der Waals surface area (Å²) < 4.78 is 0. The van der Waals surface area contributed by atoms with Crippen molar-refractivity contribution in [3.63, 3.8) is 0 Å². The predicted octanol–water partition coefficient (Wildman–Crippen LogP) is 8.85. The van der Waals surface area contributed by atoms with E-state index in [2.05, 4.69) is 32.5 Å². The zero-order chi connectivity index (χ0) is 18.9. The lowest BCUT2D eigenvalue weighted by Gasteiger charge is -2.15. The van der Waals surface area contributed by atoms with Crippen LogP contribution in [0.2, 0.25) is 6.04 Å². The molecular weight excluding hydrogens is 328 g/mol. The summed E-state index contributed by atoms with van der Waals surface area (Å²) in [6.45, 7) is 6.96. The van der Waals surface area contributed by atoms with Crippen LogP contribution < -0.4 is 0 Å². The Kier molecular flexibility index (Phi) is 15.4. The number of allylic oxidation sites excluding steroid dienone is 3. The van der Waals surface area contributed by atoms with Crippen LogP contribution in [0, 0.1) is 0 Å². The molecule has 1 heterocycles. The number of unbranched alkanes of at least 4 members (excludes halogenated alkanes) is 12. The topological polar surface area (TPSA) is 0 Å². The Bertz CT molecular complexity index is 380. The summed E-state index contributed by atoms with van der Waals surface area (Å²) in [5.74, 6) is 0. The molecule has 0 fully saturated rings. The number of hydrogen-bond acceptors (Lipinski definition) is 0. The molecule has 0 aromatic rings. The summed E-state index contributed by atoms with van der Waals surface area (Å²) in [5.41, 5.74) is 4.49. The third-order valence-corrected chi connectivity index (χ3v) is 9.35. The Morgan fingerprint density at radius 3 is 1.65 bits per heavy atom. The average molecular weight is 377 g/mol. The third kappa shape index (κ3) is 10.8. The zero-order valence-corrected chi connectivity index (χ0v) is 19.6. The fourth-order valence-electron chi connectivity index (χ4n) is 4.36. The van der Waals surface area contributed by atoms with E-state index < -0.39 is 8.80 Å². The van der Waals surface area contributed by atoms with Gasteiger partial charge in [-0.3, -0.25) is 0 Å². The van der Waals surface area contributed by atoms with Crippen LogP contribution in [-0.2, 0) is 0 Å². The molecule has 26 heavy (non-hydrogen) atoms. The molecule has 1 aliphatic heterocycles. The Hall–Kier alpha value is -0.303. The predicted molar refractivity (Wildman–Crippen MR) is 124 cm³/mol. The van der Waals surface area contributed by atoms with Gasteiger partial charge in [-0.15, -0.1) is 0 Å². The van der Waals surface area contributed by atoms with Crippen LogP contribution in [0.5, 0.6) is 0 Å². The molecule has 0 saturated heterocycles. The van der Waals surface area contributed by atoms with E-state index in [0.29, 0.717) is 0 Å². The van der Waals surface area contributed by atoms with E-state index in [1.807, 2.05) is 5.20 Å². The van der Waals surface area contributed by atoms with Gasteiger partial charge in [0.05, 0.1) is 8.80 Å². The largest absolute Gasteiger partial charge is 0.0929 e. The van der Waals surface area contributed by atoms with E-state index in [1.165, 1.54) is 109 Å². The summed E-state index contributed by atoms with van der Waals surface area (Å²) >= 11 is 0. The lowest BCUT2D eigenvalue weighted by Crippen LogP contribution is -2.12. The highest BCUT2D eigenvalue weighted by atomic mass is 28.3. The standard InChI is InChI=1S/C25H48Si/c1-4-7-10-13-16-19-24-21-23-26(22-18-15-12-9-6-3)25(24)20-17-14-11-8-5-2/h21,23,26H,4-20,22H2,1-3H3. The molecule has 1 unspecified atom stereocenters. The molecule has 1 aliphatic rings. The van der Waals surface area contributed by atoms with Crippen molar-refractivity contribution in [1.29, 1.82) is 0 Å². The van der Waals surface area contributed by atoms with Crippen molar-refractivity contribution in [3.8, 4) is 0 Å². The van der Waals surface area contributed by atoms with Crippen molar-refractivity contribution in [2.45, 2.75) is 136 Å². The quantitative estimate of drug-likeness (QED) is 0.165. The molecule has 1 atom stereocenters. The van der Waals surface area contributed by atoms with Gasteiger partial charge in [0.25, 0.3) is 0 Å². The summed E-state index contributed by atoms with van der Waals surface area (Å²) in [7, 11) is -0.730. The average Bonchev–Trinajstić information content (AvgIpc) is 3.03. The van der Waals surface area contributed by atoms with Gasteiger partial charge < -0.3 is 0 Å². The summed E-state index contributed by atoms with van der Waals surface area (Å²) in [4.78, 5) is 0. The van der Waals surface area contributed by atoms with Crippen LogP contribution >= 0.6 is 0 Å². The summed E-state index contributed by atoms with van der Waals surface area (Å²) in [6, 6.07) is 1.55. The molecule has 0 nitrogen and oxygen atoms in total. The van der Waals surface area contributed by atoms with Gasteiger partial charge in [-0.25, -0.2) is 0 Å². The van der Waals surface area contributed by atoms with E-state index in [-0.39, 0.29) is 0 Å². The fraction of sp³-hybridized carbons (Fsp3) is 0.840. The lowest BCUT2D eigenvalue weighted by atomic mass is 10.0. The highest BCUT2D eigenvalue weighted by Crippen LogP contribution is 2.30. The molecule has 1 rings (SSSR count). The molecule has 0 amide bonds. The van der Waals surface area contributed by atoms with Crippen molar-refractivity contribution < 1.29 is 0 Å². The van der Waals surface area contributed by atoms with Gasteiger partial charge in [0.15, 0.2) is 0 Å². The van der Waals surface area contributed by atoms with Gasteiger partial charge in [-0.2, -0.15) is 0 Å². The van der Waals surface area contributed by atoms with Crippen LogP contribution in [0.15, 0.2) is 22.5 Å². The zero-order valence-electron chi connectivity index (χ0n) is 18.5. The maximum atomic E-state index is 2.70. The molecule has 0 radical (unpaired) electrons. The molecule has 0 saturated carbocycles. The summed E-state index contributed by atoms with van der Waals surface area (Å²) in [6.07, 6.45) is 26.9. The van der Waals surface area contributed by atoms with Crippen molar-refractivity contribution in [2.24, 2.45) is 0 Å². The highest BCUT2D eigenvalue weighted by Gasteiger charge is 2.20. The molecule has 0 aromatic heterocycles. The van der Waals surface area contributed by atoms with Gasteiger partial charge in [-0.05, 0) is 25.7 Å². The normalized spacial score (nSPS) is 16.8.